The van der Waals surface area contributed by atoms with Gasteiger partial charge in [-0.25, -0.2) is 13.4 Å². The summed E-state index contributed by atoms with van der Waals surface area (Å²) in [6.45, 7) is 2.56. The van der Waals surface area contributed by atoms with Crippen LogP contribution < -0.4 is 0 Å². The van der Waals surface area contributed by atoms with E-state index in [0.29, 0.717) is 37.3 Å². The molecule has 27 heavy (non-hydrogen) atoms. The first-order chi connectivity index (χ1) is 12.9. The molecule has 1 aliphatic heterocycles. The molecule has 0 aliphatic carbocycles. The molecule has 9 nitrogen and oxygen atoms in total. The smallest absolute Gasteiger partial charge is 0.272 e. The number of carbonyl (C=O) groups excluding carboxylic acids is 1. The maximum Gasteiger partial charge on any atom is 0.272 e. The Hall–Kier alpha value is -2.75. The van der Waals surface area contributed by atoms with Gasteiger partial charge in [0.2, 0.25) is 15.0 Å². The Labute approximate surface area is 156 Å². The zero-order valence-electron chi connectivity index (χ0n) is 15.1. The second-order valence-electron chi connectivity index (χ2n) is 6.74. The van der Waals surface area contributed by atoms with Gasteiger partial charge >= 0.3 is 0 Å². The number of rotatable bonds is 3. The van der Waals surface area contributed by atoms with E-state index in [2.05, 4.69) is 15.2 Å². The molecule has 0 unspecified atom stereocenters. The Morgan fingerprint density at radius 2 is 1.96 bits per heavy atom. The van der Waals surface area contributed by atoms with Crippen molar-refractivity contribution in [1.82, 2.24) is 29.0 Å². The van der Waals surface area contributed by atoms with Gasteiger partial charge in [0.25, 0.3) is 5.91 Å². The van der Waals surface area contributed by atoms with E-state index in [1.165, 1.54) is 10.9 Å². The number of hydrogen-bond acceptors (Lipinski definition) is 6. The van der Waals surface area contributed by atoms with E-state index in [1.807, 2.05) is 31.3 Å². The summed E-state index contributed by atoms with van der Waals surface area (Å²) in [5.74, 6) is -0.124. The summed E-state index contributed by atoms with van der Waals surface area (Å²) in [6.07, 6.45) is 3.93. The van der Waals surface area contributed by atoms with Crippen LogP contribution in [-0.4, -0.2) is 61.7 Å². The standard InChI is InChI=1S/C17H20N6O3S/c1-12-15(23-8-4-3-5-14(23)19-12)16(24)22-9-6-13(7-10-22)27(25,26)17-20-18-11-21(17)2/h3-5,8,11,13H,6-7,9-10H2,1-2H3. The molecule has 4 heterocycles. The number of aryl methyl sites for hydroxylation is 2. The number of carbonyl (C=O) groups is 1. The van der Waals surface area contributed by atoms with Crippen LogP contribution in [0.15, 0.2) is 35.9 Å². The summed E-state index contributed by atoms with van der Waals surface area (Å²) >= 11 is 0. The van der Waals surface area contributed by atoms with Crippen molar-refractivity contribution >= 4 is 21.4 Å². The Morgan fingerprint density at radius 3 is 2.63 bits per heavy atom. The number of aromatic nitrogens is 5. The second kappa shape index (κ2) is 6.45. The molecule has 0 aromatic carbocycles. The average Bonchev–Trinajstić information content (AvgIpc) is 3.24. The maximum atomic E-state index is 13.0. The summed E-state index contributed by atoms with van der Waals surface area (Å²) < 4.78 is 28.7. The number of nitrogens with zero attached hydrogens (tertiary/aromatic N) is 6. The molecule has 0 atom stereocenters. The largest absolute Gasteiger partial charge is 0.337 e. The first kappa shape index (κ1) is 17.7. The van der Waals surface area contributed by atoms with Crippen molar-refractivity contribution in [2.75, 3.05) is 13.1 Å². The highest BCUT2D eigenvalue weighted by atomic mass is 32.2. The number of pyridine rings is 1. The van der Waals surface area contributed by atoms with Crippen LogP contribution in [0.5, 0.6) is 0 Å². The van der Waals surface area contributed by atoms with Crippen LogP contribution in [-0.2, 0) is 16.9 Å². The predicted molar refractivity (Wildman–Crippen MR) is 97.0 cm³/mol. The lowest BCUT2D eigenvalue weighted by Gasteiger charge is -2.31. The predicted octanol–water partition coefficient (Wildman–Crippen LogP) is 0.850. The quantitative estimate of drug-likeness (QED) is 0.659. The van der Waals surface area contributed by atoms with E-state index in [1.54, 1.807) is 16.3 Å². The molecule has 1 fully saturated rings. The Morgan fingerprint density at radius 1 is 1.22 bits per heavy atom. The fraction of sp³-hybridized carbons (Fsp3) is 0.412. The van der Waals surface area contributed by atoms with Crippen LogP contribution in [0.4, 0.5) is 0 Å². The molecule has 0 radical (unpaired) electrons. The zero-order chi connectivity index (χ0) is 19.2. The van der Waals surface area contributed by atoms with E-state index >= 15 is 0 Å². The summed E-state index contributed by atoms with van der Waals surface area (Å²) in [5, 5.41) is 6.81. The third-order valence-electron chi connectivity index (χ3n) is 5.00. The molecular weight excluding hydrogens is 368 g/mol. The molecule has 1 amide bonds. The van der Waals surface area contributed by atoms with E-state index < -0.39 is 15.1 Å². The number of likely N-dealkylation sites (tertiary alicyclic amines) is 1. The molecule has 0 N–H and O–H groups in total. The lowest BCUT2D eigenvalue weighted by molar-refractivity contribution is 0.0717. The normalized spacial score (nSPS) is 16.1. The number of piperidine rings is 1. The first-order valence-electron chi connectivity index (χ1n) is 8.70. The van der Waals surface area contributed by atoms with Crippen LogP contribution in [0.1, 0.15) is 29.0 Å². The SMILES string of the molecule is Cc1nc2ccccn2c1C(=O)N1CCC(S(=O)(=O)c2nncn2C)CC1. The summed E-state index contributed by atoms with van der Waals surface area (Å²) in [7, 11) is -1.95. The highest BCUT2D eigenvalue weighted by Gasteiger charge is 2.36. The number of imidazole rings is 1. The molecule has 142 valence electrons. The molecule has 10 heteroatoms. The Balaban J connectivity index is 1.53. The van der Waals surface area contributed by atoms with Crippen LogP contribution in [0.3, 0.4) is 0 Å². The molecule has 1 saturated heterocycles. The number of fused-ring (bicyclic) bond motifs is 1. The lowest BCUT2D eigenvalue weighted by Crippen LogP contribution is -2.43. The molecule has 4 rings (SSSR count). The van der Waals surface area contributed by atoms with Gasteiger partial charge in [0.1, 0.15) is 17.7 Å². The Bertz CT molecular complexity index is 1110. The van der Waals surface area contributed by atoms with Gasteiger partial charge in [0.05, 0.1) is 10.9 Å². The molecular formula is C17H20N6O3S. The first-order valence-corrected chi connectivity index (χ1v) is 10.2. The fourth-order valence-electron chi connectivity index (χ4n) is 3.57. The lowest BCUT2D eigenvalue weighted by atomic mass is 10.1. The third kappa shape index (κ3) is 2.89. The van der Waals surface area contributed by atoms with Crippen molar-refractivity contribution in [3.63, 3.8) is 0 Å². The van der Waals surface area contributed by atoms with Gasteiger partial charge in [0.15, 0.2) is 0 Å². The van der Waals surface area contributed by atoms with Crippen molar-refractivity contribution in [2.24, 2.45) is 7.05 Å². The van der Waals surface area contributed by atoms with Crippen molar-refractivity contribution in [3.8, 4) is 0 Å². The van der Waals surface area contributed by atoms with Crippen molar-refractivity contribution < 1.29 is 13.2 Å². The van der Waals surface area contributed by atoms with Crippen molar-refractivity contribution in [1.29, 1.82) is 0 Å². The number of sulfone groups is 1. The molecule has 3 aromatic heterocycles. The van der Waals surface area contributed by atoms with E-state index in [0.717, 1.165) is 5.65 Å². The summed E-state index contributed by atoms with van der Waals surface area (Å²) in [6, 6.07) is 5.58. The van der Waals surface area contributed by atoms with E-state index in [9.17, 15) is 13.2 Å². The molecule has 0 saturated carbocycles. The molecule has 1 aliphatic rings. The maximum absolute atomic E-state index is 13.0. The van der Waals surface area contributed by atoms with Crippen molar-refractivity contribution in [3.05, 3.63) is 42.1 Å². The van der Waals surface area contributed by atoms with Crippen molar-refractivity contribution in [2.45, 2.75) is 30.2 Å². The Kier molecular flexibility index (Phi) is 4.22. The average molecular weight is 388 g/mol. The molecule has 0 spiro atoms. The minimum absolute atomic E-state index is 0.0232. The van der Waals surface area contributed by atoms with Gasteiger partial charge in [-0.05, 0) is 31.9 Å². The van der Waals surface area contributed by atoms with E-state index in [-0.39, 0.29) is 11.1 Å². The van der Waals surface area contributed by atoms with Crippen LogP contribution in [0, 0.1) is 6.92 Å². The van der Waals surface area contributed by atoms with Crippen LogP contribution in [0.2, 0.25) is 0 Å². The zero-order valence-corrected chi connectivity index (χ0v) is 15.9. The van der Waals surface area contributed by atoms with Gasteiger partial charge < -0.3 is 9.47 Å². The monoisotopic (exact) mass is 388 g/mol. The van der Waals surface area contributed by atoms with Gasteiger partial charge in [-0.15, -0.1) is 10.2 Å². The van der Waals surface area contributed by atoms with Crippen LogP contribution in [0.25, 0.3) is 5.65 Å². The third-order valence-corrected chi connectivity index (χ3v) is 7.23. The van der Waals surface area contributed by atoms with Gasteiger partial charge in [-0.2, -0.15) is 0 Å². The summed E-state index contributed by atoms with van der Waals surface area (Å²) in [4.78, 5) is 19.2. The van der Waals surface area contributed by atoms with E-state index in [4.69, 9.17) is 0 Å². The van der Waals surface area contributed by atoms with Gasteiger partial charge in [-0.1, -0.05) is 6.07 Å². The fourth-order valence-corrected chi connectivity index (χ4v) is 5.31. The highest BCUT2D eigenvalue weighted by molar-refractivity contribution is 7.91. The highest BCUT2D eigenvalue weighted by Crippen LogP contribution is 2.24. The van der Waals surface area contributed by atoms with Crippen LogP contribution >= 0.6 is 0 Å². The topological polar surface area (TPSA) is 102 Å². The second-order valence-corrected chi connectivity index (χ2v) is 8.86. The molecule has 0 bridgehead atoms. The number of hydrogen-bond donors (Lipinski definition) is 0. The minimum atomic E-state index is -3.56. The van der Waals surface area contributed by atoms with Gasteiger partial charge in [-0.3, -0.25) is 9.20 Å². The van der Waals surface area contributed by atoms with Gasteiger partial charge in [0, 0.05) is 26.3 Å². The minimum Gasteiger partial charge on any atom is -0.337 e. The summed E-state index contributed by atoms with van der Waals surface area (Å²) in [5.41, 5.74) is 1.92. The molecule has 3 aromatic rings. The number of amides is 1.